The molecule has 0 aliphatic carbocycles. The van der Waals surface area contributed by atoms with E-state index >= 15 is 0 Å². The van der Waals surface area contributed by atoms with Crippen molar-refractivity contribution in [1.29, 1.82) is 0 Å². The van der Waals surface area contributed by atoms with Gasteiger partial charge in [0.15, 0.2) is 0 Å². The molecule has 21 heavy (non-hydrogen) atoms. The van der Waals surface area contributed by atoms with E-state index in [0.717, 1.165) is 18.2 Å². The Balaban J connectivity index is 2.24. The normalized spacial score (nSPS) is 10.8. The summed E-state index contributed by atoms with van der Waals surface area (Å²) in [5, 5.41) is 3.77. The summed E-state index contributed by atoms with van der Waals surface area (Å²) >= 11 is 0. The van der Waals surface area contributed by atoms with Crippen LogP contribution in [0.2, 0.25) is 0 Å². The molecule has 0 aliphatic heterocycles. The monoisotopic (exact) mass is 289 g/mol. The highest BCUT2D eigenvalue weighted by Crippen LogP contribution is 2.36. The number of nitrogens with zero attached hydrogens (tertiary/aromatic N) is 1. The molecule has 3 rings (SSSR count). The van der Waals surface area contributed by atoms with Gasteiger partial charge in [-0.15, -0.1) is 0 Å². The first-order valence-electron chi connectivity index (χ1n) is 5.95. The maximum atomic E-state index is 13.4. The van der Waals surface area contributed by atoms with Gasteiger partial charge in [-0.05, 0) is 23.8 Å². The molecule has 3 aromatic rings. The van der Waals surface area contributed by atoms with Gasteiger partial charge < -0.3 is 15.2 Å². The van der Waals surface area contributed by atoms with Crippen LogP contribution in [0, 0.1) is 11.6 Å². The number of hydrogen-bond acceptors (Lipinski definition) is 4. The summed E-state index contributed by atoms with van der Waals surface area (Å²) in [7, 11) is 0. The molecule has 1 aromatic carbocycles. The van der Waals surface area contributed by atoms with Crippen LogP contribution in [-0.2, 0) is 0 Å². The molecule has 2 heterocycles. The minimum atomic E-state index is -0.748. The van der Waals surface area contributed by atoms with Crippen molar-refractivity contribution in [3.63, 3.8) is 0 Å². The highest BCUT2D eigenvalue weighted by molar-refractivity contribution is 5.86. The predicted octanol–water partition coefficient (Wildman–Crippen LogP) is 2.56. The highest BCUT2D eigenvalue weighted by atomic mass is 19.1. The molecule has 3 N–H and O–H groups in total. The summed E-state index contributed by atoms with van der Waals surface area (Å²) in [6, 6.07) is 5.85. The fourth-order valence-corrected chi connectivity index (χ4v) is 2.07. The maximum Gasteiger partial charge on any atom is 0.248 e. The van der Waals surface area contributed by atoms with E-state index in [1.165, 1.54) is 12.3 Å². The van der Waals surface area contributed by atoms with E-state index in [-0.39, 0.29) is 28.3 Å². The number of rotatable bonds is 2. The summed E-state index contributed by atoms with van der Waals surface area (Å²) in [4.78, 5) is 13.8. The van der Waals surface area contributed by atoms with E-state index in [4.69, 9.17) is 10.3 Å². The number of aromatic nitrogens is 2. The first-order chi connectivity index (χ1) is 10.0. The van der Waals surface area contributed by atoms with Gasteiger partial charge in [-0.3, -0.25) is 4.79 Å². The molecule has 0 atom stereocenters. The molecule has 7 heteroatoms. The quantitative estimate of drug-likeness (QED) is 0.759. The molecule has 0 fully saturated rings. The number of nitrogens with two attached hydrogens (primary N) is 1. The van der Waals surface area contributed by atoms with E-state index in [0.29, 0.717) is 5.56 Å². The van der Waals surface area contributed by atoms with Gasteiger partial charge in [-0.2, -0.15) is 0 Å². The molecular weight excluding hydrogens is 280 g/mol. The van der Waals surface area contributed by atoms with Crippen molar-refractivity contribution in [2.45, 2.75) is 0 Å². The lowest BCUT2D eigenvalue weighted by molar-refractivity contribution is 0.439. The Morgan fingerprint density at radius 3 is 2.48 bits per heavy atom. The van der Waals surface area contributed by atoms with E-state index in [2.05, 4.69) is 10.1 Å². The van der Waals surface area contributed by atoms with Gasteiger partial charge in [-0.25, -0.2) is 8.78 Å². The third-order valence-corrected chi connectivity index (χ3v) is 2.92. The number of benzene rings is 1. The summed E-state index contributed by atoms with van der Waals surface area (Å²) < 4.78 is 31.6. The van der Waals surface area contributed by atoms with Crippen LogP contribution in [0.5, 0.6) is 0 Å². The van der Waals surface area contributed by atoms with E-state index in [1.54, 1.807) is 6.07 Å². The van der Waals surface area contributed by atoms with Crippen molar-refractivity contribution < 1.29 is 13.3 Å². The lowest BCUT2D eigenvalue weighted by atomic mass is 10.0. The second-order valence-corrected chi connectivity index (χ2v) is 4.37. The van der Waals surface area contributed by atoms with Crippen molar-refractivity contribution in [3.8, 4) is 22.4 Å². The van der Waals surface area contributed by atoms with Gasteiger partial charge in [0.25, 0.3) is 0 Å². The molecule has 0 saturated heterocycles. The second kappa shape index (κ2) is 4.86. The lowest BCUT2D eigenvalue weighted by Gasteiger charge is -2.03. The van der Waals surface area contributed by atoms with E-state index < -0.39 is 11.6 Å². The molecule has 2 aromatic heterocycles. The fraction of sp³-hybridized carbons (Fsp3) is 0. The molecule has 0 aliphatic rings. The number of pyridine rings is 1. The predicted molar refractivity (Wildman–Crippen MR) is 72.3 cm³/mol. The number of nitrogen functional groups attached to an aromatic ring is 1. The number of hydrogen-bond donors (Lipinski definition) is 2. The smallest absolute Gasteiger partial charge is 0.248 e. The molecule has 0 spiro atoms. The van der Waals surface area contributed by atoms with Crippen molar-refractivity contribution in [2.24, 2.45) is 0 Å². The van der Waals surface area contributed by atoms with Gasteiger partial charge in [0.2, 0.25) is 11.4 Å². The number of nitrogens with one attached hydrogen (secondary N) is 1. The third-order valence-electron chi connectivity index (χ3n) is 2.92. The van der Waals surface area contributed by atoms with Crippen molar-refractivity contribution >= 4 is 5.88 Å². The number of H-pyrrole nitrogens is 1. The van der Waals surface area contributed by atoms with Crippen LogP contribution in [0.1, 0.15) is 0 Å². The summed E-state index contributed by atoms with van der Waals surface area (Å²) in [6.07, 6.45) is 1.43. The zero-order valence-electron chi connectivity index (χ0n) is 10.6. The Kier molecular flexibility index (Phi) is 3.02. The van der Waals surface area contributed by atoms with Crippen LogP contribution in [-0.4, -0.2) is 10.1 Å². The number of halogens is 2. The fourth-order valence-electron chi connectivity index (χ4n) is 2.07. The van der Waals surface area contributed by atoms with Crippen LogP contribution in [0.25, 0.3) is 22.4 Å². The Morgan fingerprint density at radius 2 is 1.81 bits per heavy atom. The van der Waals surface area contributed by atoms with Crippen molar-refractivity contribution in [1.82, 2.24) is 10.1 Å². The topological polar surface area (TPSA) is 84.9 Å². The SMILES string of the molecule is Nc1onc(-c2cc[nH]c(=O)c2)c1-c1cc(F)cc(F)c1. The van der Waals surface area contributed by atoms with E-state index in [1.807, 2.05) is 0 Å². The Labute approximate surface area is 117 Å². The zero-order valence-corrected chi connectivity index (χ0v) is 10.6. The second-order valence-electron chi connectivity index (χ2n) is 4.37. The van der Waals surface area contributed by atoms with E-state index in [9.17, 15) is 13.6 Å². The average molecular weight is 289 g/mol. The molecule has 0 bridgehead atoms. The summed E-state index contributed by atoms with van der Waals surface area (Å²) in [6.45, 7) is 0. The molecule has 0 unspecified atom stereocenters. The van der Waals surface area contributed by atoms with Gasteiger partial charge in [-0.1, -0.05) is 5.16 Å². The minimum absolute atomic E-state index is 0.0877. The number of aromatic amines is 1. The van der Waals surface area contributed by atoms with Crippen molar-refractivity contribution in [3.05, 3.63) is 58.5 Å². The molecule has 0 radical (unpaired) electrons. The van der Waals surface area contributed by atoms with Crippen LogP contribution in [0.15, 0.2) is 45.8 Å². The van der Waals surface area contributed by atoms with Crippen LogP contribution < -0.4 is 11.3 Å². The first kappa shape index (κ1) is 13.0. The molecular formula is C14H9F2N3O2. The zero-order chi connectivity index (χ0) is 15.0. The minimum Gasteiger partial charge on any atom is -0.367 e. The Hall–Kier alpha value is -2.96. The average Bonchev–Trinajstić information content (AvgIpc) is 2.79. The number of anilines is 1. The van der Waals surface area contributed by atoms with Gasteiger partial charge in [0.1, 0.15) is 17.3 Å². The Morgan fingerprint density at radius 1 is 1.10 bits per heavy atom. The van der Waals surface area contributed by atoms with Crippen LogP contribution in [0.3, 0.4) is 0 Å². The van der Waals surface area contributed by atoms with Crippen molar-refractivity contribution in [2.75, 3.05) is 5.73 Å². The molecule has 0 saturated carbocycles. The van der Waals surface area contributed by atoms with Gasteiger partial charge >= 0.3 is 0 Å². The first-order valence-corrected chi connectivity index (χ1v) is 5.95. The Bertz CT molecular complexity index is 850. The van der Waals surface area contributed by atoms with Gasteiger partial charge in [0, 0.05) is 23.9 Å². The largest absolute Gasteiger partial charge is 0.367 e. The highest BCUT2D eigenvalue weighted by Gasteiger charge is 2.19. The van der Waals surface area contributed by atoms with Crippen LogP contribution >= 0.6 is 0 Å². The molecule has 5 nitrogen and oxygen atoms in total. The summed E-state index contributed by atoms with van der Waals surface area (Å²) in [5.74, 6) is -1.58. The lowest BCUT2D eigenvalue weighted by Crippen LogP contribution is -2.02. The maximum absolute atomic E-state index is 13.4. The standard InChI is InChI=1S/C14H9F2N3O2/c15-9-3-8(4-10(16)6-9)12-13(19-21-14(12)17)7-1-2-18-11(20)5-7/h1-6H,17H2,(H,18,20). The molecule has 0 amide bonds. The van der Waals surface area contributed by atoms with Gasteiger partial charge in [0.05, 0.1) is 5.56 Å². The van der Waals surface area contributed by atoms with Crippen LogP contribution in [0.4, 0.5) is 14.7 Å². The molecule has 106 valence electrons. The third kappa shape index (κ3) is 2.40. The summed E-state index contributed by atoms with van der Waals surface area (Å²) in [5.41, 5.74) is 6.43.